The summed E-state index contributed by atoms with van der Waals surface area (Å²) < 4.78 is 1.81. The van der Waals surface area contributed by atoms with Gasteiger partial charge in [-0.1, -0.05) is 72.4 Å². The minimum atomic E-state index is -0.0301. The Bertz CT molecular complexity index is 1540. The van der Waals surface area contributed by atoms with Gasteiger partial charge in [0.05, 0.1) is 22.5 Å². The fourth-order valence-electron chi connectivity index (χ4n) is 5.30. The molecule has 0 unspecified atom stereocenters. The summed E-state index contributed by atoms with van der Waals surface area (Å²) in [4.78, 5) is 31.2. The molecule has 198 valence electrons. The Kier molecular flexibility index (Phi) is 8.75. The molecular formula is C32H32N4O2S. The zero-order chi connectivity index (χ0) is 27.0. The molecule has 0 spiro atoms. The largest absolute Gasteiger partial charge is 0.356 e. The molecule has 1 aliphatic carbocycles. The predicted molar refractivity (Wildman–Crippen MR) is 155 cm³/mol. The van der Waals surface area contributed by atoms with E-state index in [-0.39, 0.29) is 17.4 Å². The first-order chi connectivity index (χ1) is 19.1. The monoisotopic (exact) mass is 536 g/mol. The van der Waals surface area contributed by atoms with E-state index in [1.54, 1.807) is 0 Å². The Morgan fingerprint density at radius 2 is 1.69 bits per heavy atom. The highest BCUT2D eigenvalue weighted by Gasteiger charge is 2.27. The first kappa shape index (κ1) is 26.7. The molecule has 1 fully saturated rings. The number of nitrogens with zero attached hydrogens (tertiary/aromatic N) is 3. The van der Waals surface area contributed by atoms with Crippen molar-refractivity contribution in [2.24, 2.45) is 11.8 Å². The maximum atomic E-state index is 13.6. The number of nitrogens with one attached hydrogen (secondary N) is 1. The van der Waals surface area contributed by atoms with Gasteiger partial charge < -0.3 is 5.32 Å². The molecule has 3 aromatic carbocycles. The van der Waals surface area contributed by atoms with Crippen LogP contribution in [0.2, 0.25) is 0 Å². The van der Waals surface area contributed by atoms with Crippen LogP contribution < -0.4 is 10.9 Å². The summed E-state index contributed by atoms with van der Waals surface area (Å²) in [5, 5.41) is 13.9. The normalized spacial score (nSPS) is 17.0. The minimum Gasteiger partial charge on any atom is -0.356 e. The molecule has 0 bridgehead atoms. The summed E-state index contributed by atoms with van der Waals surface area (Å²) in [5.74, 6) is 1.04. The Balaban J connectivity index is 1.24. The van der Waals surface area contributed by atoms with Crippen molar-refractivity contribution < 1.29 is 4.79 Å². The van der Waals surface area contributed by atoms with Crippen LogP contribution in [-0.2, 0) is 23.5 Å². The third-order valence-electron chi connectivity index (χ3n) is 7.54. The average Bonchev–Trinajstić information content (AvgIpc) is 2.98. The summed E-state index contributed by atoms with van der Waals surface area (Å²) in [5.41, 5.74) is 3.45. The number of benzene rings is 3. The summed E-state index contributed by atoms with van der Waals surface area (Å²) in [6.45, 7) is 1.23. The van der Waals surface area contributed by atoms with Crippen LogP contribution in [0.5, 0.6) is 0 Å². The van der Waals surface area contributed by atoms with Crippen molar-refractivity contribution >= 4 is 28.6 Å². The Labute approximate surface area is 233 Å². The molecule has 0 aliphatic heterocycles. The van der Waals surface area contributed by atoms with Crippen LogP contribution in [0.1, 0.15) is 42.4 Å². The molecular weight excluding hydrogens is 504 g/mol. The SMILES string of the molecule is N#Cc1ccccc1CSc1nc2ccccc2c(=O)n1CC1CCC(C(=O)NCCc2ccccc2)CC1. The maximum Gasteiger partial charge on any atom is 0.262 e. The van der Waals surface area contributed by atoms with Crippen LogP contribution >= 0.6 is 11.8 Å². The molecule has 7 heteroatoms. The van der Waals surface area contributed by atoms with Gasteiger partial charge in [0.1, 0.15) is 0 Å². The van der Waals surface area contributed by atoms with Gasteiger partial charge >= 0.3 is 0 Å². The Morgan fingerprint density at radius 3 is 2.49 bits per heavy atom. The molecule has 1 saturated carbocycles. The molecule has 39 heavy (non-hydrogen) atoms. The number of amides is 1. The molecule has 1 aliphatic rings. The molecule has 1 heterocycles. The van der Waals surface area contributed by atoms with E-state index in [1.807, 2.05) is 71.3 Å². The lowest BCUT2D eigenvalue weighted by molar-refractivity contribution is -0.126. The first-order valence-corrected chi connectivity index (χ1v) is 14.5. The van der Waals surface area contributed by atoms with E-state index in [4.69, 9.17) is 4.98 Å². The smallest absolute Gasteiger partial charge is 0.262 e. The van der Waals surface area contributed by atoms with Crippen LogP contribution in [0.25, 0.3) is 10.9 Å². The second-order valence-corrected chi connectivity index (χ2v) is 11.1. The highest BCUT2D eigenvalue weighted by molar-refractivity contribution is 7.98. The first-order valence-electron chi connectivity index (χ1n) is 13.5. The lowest BCUT2D eigenvalue weighted by atomic mass is 9.81. The Hall–Kier alpha value is -3.89. The second kappa shape index (κ2) is 12.8. The van der Waals surface area contributed by atoms with Gasteiger partial charge in [0, 0.05) is 24.8 Å². The van der Waals surface area contributed by atoms with E-state index in [1.165, 1.54) is 17.3 Å². The van der Waals surface area contributed by atoms with Gasteiger partial charge in [-0.3, -0.25) is 14.2 Å². The van der Waals surface area contributed by atoms with E-state index in [2.05, 4.69) is 23.5 Å². The number of para-hydroxylation sites is 1. The van der Waals surface area contributed by atoms with E-state index in [9.17, 15) is 14.9 Å². The number of aromatic nitrogens is 2. The van der Waals surface area contributed by atoms with E-state index >= 15 is 0 Å². The quantitative estimate of drug-likeness (QED) is 0.218. The Morgan fingerprint density at radius 1 is 0.974 bits per heavy atom. The summed E-state index contributed by atoms with van der Waals surface area (Å²) in [6, 6.07) is 27.4. The molecule has 1 amide bonds. The fraction of sp³-hybridized carbons (Fsp3) is 0.312. The molecule has 1 aromatic heterocycles. The number of carbonyl (C=O) groups excluding carboxylic acids is 1. The van der Waals surface area contributed by atoms with E-state index < -0.39 is 0 Å². The van der Waals surface area contributed by atoms with Gasteiger partial charge in [0.2, 0.25) is 5.91 Å². The van der Waals surface area contributed by atoms with Crippen LogP contribution in [0, 0.1) is 23.2 Å². The van der Waals surface area contributed by atoms with Gasteiger partial charge in [-0.05, 0) is 67.3 Å². The minimum absolute atomic E-state index is 0.0276. The highest BCUT2D eigenvalue weighted by atomic mass is 32.2. The summed E-state index contributed by atoms with van der Waals surface area (Å²) in [7, 11) is 0. The average molecular weight is 537 g/mol. The third-order valence-corrected chi connectivity index (χ3v) is 8.56. The predicted octanol–water partition coefficient (Wildman–Crippen LogP) is 5.73. The molecule has 5 rings (SSSR count). The zero-order valence-corrected chi connectivity index (χ0v) is 22.7. The highest BCUT2D eigenvalue weighted by Crippen LogP contribution is 2.31. The van der Waals surface area contributed by atoms with Crippen molar-refractivity contribution in [3.8, 4) is 6.07 Å². The number of fused-ring (bicyclic) bond motifs is 1. The topological polar surface area (TPSA) is 87.8 Å². The van der Waals surface area contributed by atoms with Crippen molar-refractivity contribution in [1.82, 2.24) is 14.9 Å². The number of hydrogen-bond donors (Lipinski definition) is 1. The summed E-state index contributed by atoms with van der Waals surface area (Å²) in [6.07, 6.45) is 4.29. The zero-order valence-electron chi connectivity index (χ0n) is 21.9. The lowest BCUT2D eigenvalue weighted by Crippen LogP contribution is -2.35. The van der Waals surface area contributed by atoms with Gasteiger partial charge in [-0.2, -0.15) is 5.26 Å². The van der Waals surface area contributed by atoms with Gasteiger partial charge in [-0.25, -0.2) is 4.98 Å². The lowest BCUT2D eigenvalue weighted by Gasteiger charge is -2.28. The van der Waals surface area contributed by atoms with Crippen LogP contribution in [0.3, 0.4) is 0 Å². The van der Waals surface area contributed by atoms with Crippen molar-refractivity contribution in [3.63, 3.8) is 0 Å². The molecule has 4 aromatic rings. The number of rotatable bonds is 9. The van der Waals surface area contributed by atoms with Crippen LogP contribution in [0.4, 0.5) is 0 Å². The standard InChI is InChI=1S/C32H32N4O2S/c33-20-26-10-4-5-11-27(26)22-39-32-35-29-13-7-6-12-28(29)31(38)36(32)21-24-14-16-25(17-15-24)30(37)34-19-18-23-8-2-1-3-9-23/h1-13,24-25H,14-19,21-22H2,(H,34,37). The molecule has 0 saturated heterocycles. The van der Waals surface area contributed by atoms with Crippen LogP contribution in [0.15, 0.2) is 88.8 Å². The number of thioether (sulfide) groups is 1. The van der Waals surface area contributed by atoms with Gasteiger partial charge in [-0.15, -0.1) is 0 Å². The molecule has 0 radical (unpaired) electrons. The van der Waals surface area contributed by atoms with Crippen molar-refractivity contribution in [3.05, 3.63) is 106 Å². The number of nitriles is 1. The van der Waals surface area contributed by atoms with Crippen LogP contribution in [-0.4, -0.2) is 22.0 Å². The molecule has 0 atom stereocenters. The summed E-state index contributed by atoms with van der Waals surface area (Å²) >= 11 is 1.50. The fourth-order valence-corrected chi connectivity index (χ4v) is 6.31. The molecule has 1 N–H and O–H groups in total. The number of carbonyl (C=O) groups is 1. The number of hydrogen-bond acceptors (Lipinski definition) is 5. The van der Waals surface area contributed by atoms with E-state index in [0.29, 0.717) is 46.4 Å². The van der Waals surface area contributed by atoms with Crippen molar-refractivity contribution in [2.45, 2.75) is 49.6 Å². The van der Waals surface area contributed by atoms with Crippen molar-refractivity contribution in [2.75, 3.05) is 6.54 Å². The van der Waals surface area contributed by atoms with Gasteiger partial charge in [0.15, 0.2) is 5.16 Å². The third kappa shape index (κ3) is 6.58. The van der Waals surface area contributed by atoms with Crippen molar-refractivity contribution in [1.29, 1.82) is 5.26 Å². The van der Waals surface area contributed by atoms with E-state index in [0.717, 1.165) is 37.7 Å². The van der Waals surface area contributed by atoms with Gasteiger partial charge in [0.25, 0.3) is 5.56 Å². The maximum absolute atomic E-state index is 13.6. The molecule has 6 nitrogen and oxygen atoms in total. The second-order valence-electron chi connectivity index (χ2n) is 10.1.